The number of benzene rings is 2. The van der Waals surface area contributed by atoms with Crippen LogP contribution in [0, 0.1) is 11.8 Å². The van der Waals surface area contributed by atoms with Crippen LogP contribution in [0.15, 0.2) is 94.0 Å². The Bertz CT molecular complexity index is 2970. The number of fused-ring (bicyclic) bond motifs is 7. The van der Waals surface area contributed by atoms with E-state index in [-0.39, 0.29) is 5.41 Å². The van der Waals surface area contributed by atoms with E-state index in [4.69, 9.17) is 36.3 Å². The van der Waals surface area contributed by atoms with Gasteiger partial charge >= 0.3 is 0 Å². The summed E-state index contributed by atoms with van der Waals surface area (Å²) in [6.45, 7) is 9.44. The van der Waals surface area contributed by atoms with Crippen molar-refractivity contribution in [3.63, 3.8) is 0 Å². The summed E-state index contributed by atoms with van der Waals surface area (Å²) < 4.78 is 32.2. The van der Waals surface area contributed by atoms with Crippen molar-refractivity contribution in [1.82, 2.24) is 27.5 Å². The number of nitrogens with zero attached hydrogens (tertiary/aromatic N) is 6. The van der Waals surface area contributed by atoms with Crippen LogP contribution in [-0.4, -0.2) is 27.5 Å². The van der Waals surface area contributed by atoms with Crippen LogP contribution in [0.4, 0.5) is 0 Å². The van der Waals surface area contributed by atoms with Gasteiger partial charge in [-0.3, -0.25) is 9.97 Å². The number of rotatable bonds is 16. The molecule has 12 heteroatoms. The van der Waals surface area contributed by atoms with Crippen LogP contribution in [0.25, 0.3) is 97.5 Å². The monoisotopic (exact) mass is 904 g/mol. The van der Waals surface area contributed by atoms with E-state index in [9.17, 15) is 0 Å². The lowest BCUT2D eigenvalue weighted by Gasteiger charge is -2.37. The molecule has 11 rings (SSSR count). The van der Waals surface area contributed by atoms with Crippen LogP contribution in [0.2, 0.25) is 0 Å². The quantitative estimate of drug-likeness (QED) is 0.0944. The molecular weight excluding hydrogens is 857 g/mol. The third kappa shape index (κ3) is 6.95. The first-order valence-corrected chi connectivity index (χ1v) is 25.6. The second-order valence-corrected chi connectivity index (χ2v) is 20.5. The summed E-state index contributed by atoms with van der Waals surface area (Å²) in [7, 11) is 0. The molecule has 8 nitrogen and oxygen atoms in total. The van der Waals surface area contributed by atoms with E-state index in [0.717, 1.165) is 113 Å². The Hall–Kier alpha value is -5.14. The highest BCUT2D eigenvalue weighted by Gasteiger charge is 2.48. The van der Waals surface area contributed by atoms with Crippen LogP contribution in [0.5, 0.6) is 0 Å². The fourth-order valence-electron chi connectivity index (χ4n) is 10.1. The molecule has 0 bridgehead atoms. The number of furan rings is 2. The van der Waals surface area contributed by atoms with E-state index in [1.807, 2.05) is 71.5 Å². The summed E-state index contributed by atoms with van der Waals surface area (Å²) in [6, 6.07) is 25.4. The van der Waals surface area contributed by atoms with Crippen molar-refractivity contribution in [2.75, 3.05) is 0 Å². The zero-order chi connectivity index (χ0) is 42.7. The molecule has 2 unspecified atom stereocenters. The van der Waals surface area contributed by atoms with Gasteiger partial charge in [0.2, 0.25) is 0 Å². The number of para-hydroxylation sites is 2. The Morgan fingerprint density at radius 3 is 1.43 bits per heavy atom. The van der Waals surface area contributed by atoms with Gasteiger partial charge in [0.05, 0.1) is 44.3 Å². The summed E-state index contributed by atoms with van der Waals surface area (Å²) in [5.74, 6) is 2.72. The van der Waals surface area contributed by atoms with Crippen LogP contribution < -0.4 is 0 Å². The summed E-state index contributed by atoms with van der Waals surface area (Å²) >= 11 is 6.21. The normalized spacial score (nSPS) is 14.3. The van der Waals surface area contributed by atoms with Crippen LogP contribution in [-0.2, 0) is 5.41 Å². The van der Waals surface area contributed by atoms with Crippen molar-refractivity contribution < 1.29 is 8.83 Å². The molecular formula is C51H48N6O2S4. The maximum atomic E-state index is 6.33. The third-order valence-corrected chi connectivity index (χ3v) is 17.0. The largest absolute Gasteiger partial charge is 0.456 e. The zero-order valence-electron chi connectivity index (χ0n) is 35.9. The van der Waals surface area contributed by atoms with Crippen molar-refractivity contribution >= 4 is 90.1 Å². The van der Waals surface area contributed by atoms with Gasteiger partial charge in [0.25, 0.3) is 0 Å². The molecule has 8 heterocycles. The van der Waals surface area contributed by atoms with E-state index >= 15 is 0 Å². The third-order valence-electron chi connectivity index (χ3n) is 13.5. The van der Waals surface area contributed by atoms with Crippen LogP contribution in [0.3, 0.4) is 0 Å². The number of unbranched alkanes of at least 4 members (excludes halogenated alkanes) is 2. The lowest BCUT2D eigenvalue weighted by Crippen LogP contribution is -2.31. The number of hydrogen-bond donors (Lipinski definition) is 0. The average Bonchev–Trinajstić information content (AvgIpc) is 4.17. The Kier molecular flexibility index (Phi) is 10.8. The topological polar surface area (TPSA) is 104 Å². The number of thiophene rings is 2. The molecule has 318 valence electrons. The average molecular weight is 905 g/mol. The lowest BCUT2D eigenvalue weighted by atomic mass is 9.65. The highest BCUT2D eigenvalue weighted by Crippen LogP contribution is 2.63. The summed E-state index contributed by atoms with van der Waals surface area (Å²) in [5.41, 5.74) is 11.3. The minimum absolute atomic E-state index is 0.154. The standard InChI is InChI=1S/C51H48N6O2S4/c1-5-9-15-29(7-3)25-51(26-30(8-4)16-10-6-2)35-23-41(45-47-43(54-62-56-47)33(27-52-45)39-21-31-17-11-13-19-37(31)58-39)60-49(35)50-36(51)24-42(61-50)46-48-44(55-63-57-48)34(28-53-46)40-22-32-18-12-14-20-38(32)59-40/h11-14,17-24,27-30H,5-10,15-16,25-26H2,1-4H3. The van der Waals surface area contributed by atoms with E-state index in [0.29, 0.717) is 11.8 Å². The SMILES string of the molecule is CCCCC(CC)CC1(CC(CC)CCCC)c2cc(-c3ncc(-c4cc5ccccc5o4)c4nsnc34)sc2-c2sc(-c3ncc(-c4cc5ccccc5o4)c4nsnc34)cc21. The van der Waals surface area contributed by atoms with Crippen molar-refractivity contribution in [2.45, 2.75) is 97.3 Å². The van der Waals surface area contributed by atoms with E-state index in [1.165, 1.54) is 82.9 Å². The molecule has 0 saturated carbocycles. The van der Waals surface area contributed by atoms with Gasteiger partial charge in [-0.25, -0.2) is 0 Å². The first-order chi connectivity index (χ1) is 31.0. The smallest absolute Gasteiger partial charge is 0.139 e. The zero-order valence-corrected chi connectivity index (χ0v) is 39.2. The maximum Gasteiger partial charge on any atom is 0.139 e. The molecule has 0 saturated heterocycles. The molecule has 8 aromatic heterocycles. The maximum absolute atomic E-state index is 6.33. The van der Waals surface area contributed by atoms with E-state index in [1.54, 1.807) is 0 Å². The second kappa shape index (κ2) is 16.8. The fourth-order valence-corrected chi connectivity index (χ4v) is 13.9. The molecule has 1 aliphatic carbocycles. The Morgan fingerprint density at radius 2 is 1.00 bits per heavy atom. The Labute approximate surface area is 383 Å². The summed E-state index contributed by atoms with van der Waals surface area (Å²) in [4.78, 5) is 15.4. The van der Waals surface area contributed by atoms with Gasteiger partial charge in [0, 0.05) is 38.3 Å². The van der Waals surface area contributed by atoms with Gasteiger partial charge in [0.15, 0.2) is 0 Å². The Balaban J connectivity index is 1.08. The highest BCUT2D eigenvalue weighted by molar-refractivity contribution is 7.26. The van der Waals surface area contributed by atoms with Gasteiger partial charge in [0.1, 0.15) is 56.1 Å². The predicted molar refractivity (Wildman–Crippen MR) is 263 cm³/mol. The molecule has 2 aromatic carbocycles. The molecule has 10 aromatic rings. The van der Waals surface area contributed by atoms with Gasteiger partial charge in [-0.05, 0) is 72.2 Å². The lowest BCUT2D eigenvalue weighted by molar-refractivity contribution is 0.266. The molecule has 2 atom stereocenters. The van der Waals surface area contributed by atoms with Crippen LogP contribution in [0.1, 0.15) is 103 Å². The minimum Gasteiger partial charge on any atom is -0.456 e. The van der Waals surface area contributed by atoms with Gasteiger partial charge in [-0.15, -0.1) is 22.7 Å². The van der Waals surface area contributed by atoms with Crippen LogP contribution >= 0.6 is 46.1 Å². The van der Waals surface area contributed by atoms with Crippen molar-refractivity contribution in [3.05, 3.63) is 96.3 Å². The fraction of sp³-hybridized carbons (Fsp3) is 0.333. The van der Waals surface area contributed by atoms with Gasteiger partial charge in [-0.1, -0.05) is 115 Å². The first kappa shape index (κ1) is 40.6. The first-order valence-electron chi connectivity index (χ1n) is 22.5. The van der Waals surface area contributed by atoms with Crippen molar-refractivity contribution in [3.8, 4) is 53.5 Å². The van der Waals surface area contributed by atoms with E-state index < -0.39 is 0 Å². The van der Waals surface area contributed by atoms with Gasteiger partial charge < -0.3 is 8.83 Å². The molecule has 0 aliphatic heterocycles. The Morgan fingerprint density at radius 1 is 0.556 bits per heavy atom. The molecule has 0 spiro atoms. The molecule has 0 amide bonds. The number of pyridine rings is 2. The second-order valence-electron chi connectivity index (χ2n) is 17.3. The van der Waals surface area contributed by atoms with Crippen molar-refractivity contribution in [2.24, 2.45) is 11.8 Å². The predicted octanol–water partition coefficient (Wildman–Crippen LogP) is 16.2. The van der Waals surface area contributed by atoms with E-state index in [2.05, 4.69) is 64.1 Å². The minimum atomic E-state index is -0.154. The van der Waals surface area contributed by atoms with Gasteiger partial charge in [-0.2, -0.15) is 17.5 Å². The number of aromatic nitrogens is 6. The molecule has 0 radical (unpaired) electrons. The van der Waals surface area contributed by atoms with Crippen molar-refractivity contribution in [1.29, 1.82) is 0 Å². The molecule has 0 N–H and O–H groups in total. The number of hydrogen-bond acceptors (Lipinski definition) is 12. The highest BCUT2D eigenvalue weighted by atomic mass is 32.1. The summed E-state index contributed by atoms with van der Waals surface area (Å²) in [5, 5.41) is 2.12. The molecule has 63 heavy (non-hydrogen) atoms. The summed E-state index contributed by atoms with van der Waals surface area (Å²) in [6.07, 6.45) is 15.8. The molecule has 1 aliphatic rings. The molecule has 0 fully saturated rings.